The monoisotopic (exact) mass is 311 g/mol. The summed E-state index contributed by atoms with van der Waals surface area (Å²) in [6.07, 6.45) is 0. The van der Waals surface area contributed by atoms with E-state index in [0.717, 1.165) is 5.56 Å². The highest BCUT2D eigenvalue weighted by Gasteiger charge is 2.16. The highest BCUT2D eigenvalue weighted by Crippen LogP contribution is 2.26. The minimum Gasteiger partial charge on any atom is -0.345 e. The lowest BCUT2D eigenvalue weighted by Gasteiger charge is -2.16. The summed E-state index contributed by atoms with van der Waals surface area (Å²) in [6.45, 7) is 1.77. The molecule has 0 radical (unpaired) electrons. The van der Waals surface area contributed by atoms with E-state index in [0.29, 0.717) is 10.0 Å². The van der Waals surface area contributed by atoms with Gasteiger partial charge in [-0.2, -0.15) is 0 Å². The maximum atomic E-state index is 13.5. The Bertz CT molecular complexity index is 646. The lowest BCUT2D eigenvalue weighted by Crippen LogP contribution is -2.27. The van der Waals surface area contributed by atoms with Crippen LogP contribution >= 0.6 is 23.2 Å². The summed E-state index contributed by atoms with van der Waals surface area (Å²) in [6, 6.07) is 10.5. The number of carbonyl (C=O) groups is 1. The van der Waals surface area contributed by atoms with Gasteiger partial charge in [0.15, 0.2) is 0 Å². The van der Waals surface area contributed by atoms with Crippen LogP contribution in [0.15, 0.2) is 42.5 Å². The molecule has 2 rings (SSSR count). The topological polar surface area (TPSA) is 29.1 Å². The number of hydrogen-bond acceptors (Lipinski definition) is 1. The molecule has 0 aliphatic rings. The van der Waals surface area contributed by atoms with Gasteiger partial charge < -0.3 is 5.32 Å². The van der Waals surface area contributed by atoms with E-state index < -0.39 is 11.7 Å². The summed E-state index contributed by atoms with van der Waals surface area (Å²) >= 11 is 11.9. The van der Waals surface area contributed by atoms with Crippen LogP contribution in [0.4, 0.5) is 4.39 Å². The minimum atomic E-state index is -0.556. The predicted molar refractivity (Wildman–Crippen MR) is 78.7 cm³/mol. The van der Waals surface area contributed by atoms with Crippen molar-refractivity contribution in [2.75, 3.05) is 0 Å². The first-order valence-corrected chi connectivity index (χ1v) is 6.75. The highest BCUT2D eigenvalue weighted by molar-refractivity contribution is 6.35. The number of benzene rings is 2. The van der Waals surface area contributed by atoms with Gasteiger partial charge in [-0.05, 0) is 36.8 Å². The Morgan fingerprint density at radius 3 is 2.55 bits per heavy atom. The van der Waals surface area contributed by atoms with Crippen molar-refractivity contribution in [1.82, 2.24) is 5.32 Å². The molecule has 5 heteroatoms. The van der Waals surface area contributed by atoms with Crippen molar-refractivity contribution in [3.63, 3.8) is 0 Å². The zero-order valence-electron chi connectivity index (χ0n) is 10.7. The van der Waals surface area contributed by atoms with Crippen LogP contribution in [-0.4, -0.2) is 5.91 Å². The van der Waals surface area contributed by atoms with Crippen LogP contribution in [0.25, 0.3) is 0 Å². The van der Waals surface area contributed by atoms with Crippen molar-refractivity contribution in [3.05, 3.63) is 69.5 Å². The molecule has 2 aromatic carbocycles. The Labute approximate surface area is 126 Å². The lowest BCUT2D eigenvalue weighted by molar-refractivity contribution is 0.0936. The van der Waals surface area contributed by atoms with Gasteiger partial charge in [-0.15, -0.1) is 0 Å². The molecule has 104 valence electrons. The third-order valence-electron chi connectivity index (χ3n) is 2.90. The van der Waals surface area contributed by atoms with Gasteiger partial charge in [0.25, 0.3) is 5.91 Å². The van der Waals surface area contributed by atoms with Crippen LogP contribution in [0.3, 0.4) is 0 Å². The number of amides is 1. The van der Waals surface area contributed by atoms with Gasteiger partial charge in [0.1, 0.15) is 5.82 Å². The number of halogens is 3. The second kappa shape index (κ2) is 6.25. The van der Waals surface area contributed by atoms with E-state index in [1.807, 2.05) is 0 Å². The molecule has 0 aliphatic carbocycles. The Balaban J connectivity index is 2.17. The van der Waals surface area contributed by atoms with Crippen LogP contribution in [0.5, 0.6) is 0 Å². The fraction of sp³-hybridized carbons (Fsp3) is 0.133. The van der Waals surface area contributed by atoms with Crippen molar-refractivity contribution >= 4 is 29.1 Å². The normalized spacial score (nSPS) is 12.0. The molecule has 1 atom stereocenters. The summed E-state index contributed by atoms with van der Waals surface area (Å²) < 4.78 is 13.5. The number of nitrogens with one attached hydrogen (secondary N) is 1. The lowest BCUT2D eigenvalue weighted by atomic mass is 10.1. The maximum absolute atomic E-state index is 13.5. The molecule has 0 heterocycles. The predicted octanol–water partition coefficient (Wildman–Crippen LogP) is 4.62. The smallest absolute Gasteiger partial charge is 0.254 e. The van der Waals surface area contributed by atoms with Gasteiger partial charge in [-0.25, -0.2) is 4.39 Å². The second-order valence-corrected chi connectivity index (χ2v) is 5.18. The molecule has 1 N–H and O–H groups in total. The Hall–Kier alpha value is -1.58. The fourth-order valence-corrected chi connectivity index (χ4v) is 2.42. The molecule has 0 bridgehead atoms. The molecule has 0 aliphatic heterocycles. The van der Waals surface area contributed by atoms with Gasteiger partial charge in [-0.3, -0.25) is 4.79 Å². The van der Waals surface area contributed by atoms with Crippen molar-refractivity contribution in [3.8, 4) is 0 Å². The van der Waals surface area contributed by atoms with Gasteiger partial charge >= 0.3 is 0 Å². The summed E-state index contributed by atoms with van der Waals surface area (Å²) in [5.41, 5.74) is 0.727. The molecule has 0 saturated carbocycles. The van der Waals surface area contributed by atoms with Crippen molar-refractivity contribution < 1.29 is 9.18 Å². The molecule has 2 nitrogen and oxygen atoms in total. The zero-order valence-corrected chi connectivity index (χ0v) is 12.2. The molecule has 0 spiro atoms. The molecule has 0 aromatic heterocycles. The maximum Gasteiger partial charge on any atom is 0.254 e. The Morgan fingerprint density at radius 2 is 1.90 bits per heavy atom. The summed E-state index contributed by atoms with van der Waals surface area (Å²) in [4.78, 5) is 12.0. The van der Waals surface area contributed by atoms with Crippen molar-refractivity contribution in [1.29, 1.82) is 0 Å². The molecule has 1 amide bonds. The molecule has 2 aromatic rings. The van der Waals surface area contributed by atoms with E-state index in [-0.39, 0.29) is 11.6 Å². The van der Waals surface area contributed by atoms with Crippen LogP contribution in [0.1, 0.15) is 28.9 Å². The van der Waals surface area contributed by atoms with Gasteiger partial charge in [0, 0.05) is 10.0 Å². The van der Waals surface area contributed by atoms with Crippen molar-refractivity contribution in [2.24, 2.45) is 0 Å². The van der Waals surface area contributed by atoms with Crippen LogP contribution < -0.4 is 5.32 Å². The molecular weight excluding hydrogens is 300 g/mol. The standard InChI is InChI=1S/C15H12Cl2FNO/c1-9(11-7-6-10(16)8-13(11)17)19-15(20)12-4-2-3-5-14(12)18/h2-9H,1H3,(H,19,20). The van der Waals surface area contributed by atoms with Gasteiger partial charge in [0.2, 0.25) is 0 Å². The molecule has 20 heavy (non-hydrogen) atoms. The van der Waals surface area contributed by atoms with Crippen LogP contribution in [0.2, 0.25) is 10.0 Å². The number of rotatable bonds is 3. The average Bonchev–Trinajstić information content (AvgIpc) is 2.38. The SMILES string of the molecule is CC(NC(=O)c1ccccc1F)c1ccc(Cl)cc1Cl. The Kier molecular flexibility index (Phi) is 4.63. The van der Waals surface area contributed by atoms with Crippen LogP contribution in [0, 0.1) is 5.82 Å². The first-order chi connectivity index (χ1) is 9.49. The third-order valence-corrected chi connectivity index (χ3v) is 3.46. The van der Waals surface area contributed by atoms with E-state index in [2.05, 4.69) is 5.32 Å². The Morgan fingerprint density at radius 1 is 1.20 bits per heavy atom. The molecule has 1 unspecified atom stereocenters. The van der Waals surface area contributed by atoms with Crippen molar-refractivity contribution in [2.45, 2.75) is 13.0 Å². The first kappa shape index (κ1) is 14.8. The minimum absolute atomic E-state index is 0.00411. The quantitative estimate of drug-likeness (QED) is 0.880. The highest BCUT2D eigenvalue weighted by atomic mass is 35.5. The van der Waals surface area contributed by atoms with Crippen LogP contribution in [-0.2, 0) is 0 Å². The second-order valence-electron chi connectivity index (χ2n) is 4.34. The third kappa shape index (κ3) is 3.30. The summed E-state index contributed by atoms with van der Waals surface area (Å²) in [5, 5.41) is 3.68. The molecule has 0 fully saturated rings. The van der Waals surface area contributed by atoms with E-state index in [4.69, 9.17) is 23.2 Å². The van der Waals surface area contributed by atoms with Gasteiger partial charge in [-0.1, -0.05) is 41.4 Å². The van der Waals surface area contributed by atoms with Gasteiger partial charge in [0.05, 0.1) is 11.6 Å². The molecule has 0 saturated heterocycles. The molecular formula is C15H12Cl2FNO. The average molecular weight is 312 g/mol. The summed E-state index contributed by atoms with van der Waals surface area (Å²) in [5.74, 6) is -1.04. The van der Waals surface area contributed by atoms with E-state index in [1.54, 1.807) is 31.2 Å². The first-order valence-electron chi connectivity index (χ1n) is 5.99. The zero-order chi connectivity index (χ0) is 14.7. The van der Waals surface area contributed by atoms with E-state index in [1.165, 1.54) is 18.2 Å². The van der Waals surface area contributed by atoms with E-state index >= 15 is 0 Å². The summed E-state index contributed by atoms with van der Waals surface area (Å²) in [7, 11) is 0. The largest absolute Gasteiger partial charge is 0.345 e. The number of carbonyl (C=O) groups excluding carboxylic acids is 1. The number of hydrogen-bond donors (Lipinski definition) is 1. The van der Waals surface area contributed by atoms with E-state index in [9.17, 15) is 9.18 Å². The fourth-order valence-electron chi connectivity index (χ4n) is 1.85.